The molecule has 0 aliphatic rings. The number of alkyl halides is 3. The molecule has 3 nitrogen and oxygen atoms in total. The van der Waals surface area contributed by atoms with Crippen LogP contribution >= 0.6 is 0 Å². The summed E-state index contributed by atoms with van der Waals surface area (Å²) in [6.45, 7) is 0. The maximum atomic E-state index is 11.7. The Morgan fingerprint density at radius 1 is 1.33 bits per heavy atom. The molecule has 15 heavy (non-hydrogen) atoms. The van der Waals surface area contributed by atoms with Crippen LogP contribution in [0.2, 0.25) is 0 Å². The van der Waals surface area contributed by atoms with Gasteiger partial charge in [0.2, 0.25) is 11.6 Å². The third kappa shape index (κ3) is 3.93. The van der Waals surface area contributed by atoms with E-state index in [0.29, 0.717) is 0 Å². The third-order valence-electron chi connectivity index (χ3n) is 1.43. The van der Waals surface area contributed by atoms with Gasteiger partial charge in [-0.1, -0.05) is 0 Å². The van der Waals surface area contributed by atoms with Crippen LogP contribution in [0, 0.1) is 0 Å². The van der Waals surface area contributed by atoms with Crippen LogP contribution in [0.4, 0.5) is 13.2 Å². The maximum Gasteiger partial charge on any atom is 0.450 e. The minimum absolute atomic E-state index is 0. The van der Waals surface area contributed by atoms with E-state index in [2.05, 4.69) is 4.42 Å². The quantitative estimate of drug-likeness (QED) is 0.614. The molecule has 1 radical (unpaired) electrons. The first-order chi connectivity index (χ1) is 6.41. The van der Waals surface area contributed by atoms with E-state index in [1.807, 2.05) is 0 Å². The van der Waals surface area contributed by atoms with Crippen LogP contribution in [0.1, 0.15) is 17.0 Å². The Bertz CT molecular complexity index is 343. The fourth-order valence-corrected chi connectivity index (χ4v) is 0.770. The van der Waals surface area contributed by atoms with E-state index in [-0.39, 0.29) is 24.3 Å². The van der Waals surface area contributed by atoms with Gasteiger partial charge in [-0.05, 0) is 12.1 Å². The van der Waals surface area contributed by atoms with Crippen LogP contribution in [0.15, 0.2) is 22.8 Å². The first kappa shape index (κ1) is 14.0. The Morgan fingerprint density at radius 3 is 2.33 bits per heavy atom. The van der Waals surface area contributed by atoms with Crippen LogP contribution < -0.4 is 0 Å². The van der Waals surface area contributed by atoms with E-state index >= 15 is 0 Å². The molecule has 1 aromatic heterocycles. The number of hydrogen-bond donors (Lipinski definition) is 0. The number of carbonyl (C=O) groups excluding carboxylic acids is 2. The predicted molar refractivity (Wildman–Crippen MR) is 38.7 cm³/mol. The molecule has 1 aromatic rings. The van der Waals surface area contributed by atoms with Crippen molar-refractivity contribution in [3.8, 4) is 0 Å². The van der Waals surface area contributed by atoms with Gasteiger partial charge in [-0.25, -0.2) is 0 Å². The molecule has 0 amide bonds. The zero-order chi connectivity index (χ0) is 10.8. The van der Waals surface area contributed by atoms with Crippen LogP contribution in [0.25, 0.3) is 0 Å². The fraction of sp³-hybridized carbons (Fsp3) is 0.250. The van der Waals surface area contributed by atoms with E-state index in [9.17, 15) is 22.8 Å². The number of ketones is 2. The largest absolute Gasteiger partial charge is 0.461 e. The second kappa shape index (κ2) is 5.18. The minimum Gasteiger partial charge on any atom is -0.461 e. The summed E-state index contributed by atoms with van der Waals surface area (Å²) in [4.78, 5) is 21.3. The number of Topliss-reactive ketones (excluding diaryl/α,β-unsaturated/α-hetero) is 2. The standard InChI is InChI=1S/C8H5F3O3.V/c9-8(10,11)7(13)4-5(12)6-2-1-3-14-6;/h1-3H,4H2;. The Labute approximate surface area is 94.5 Å². The summed E-state index contributed by atoms with van der Waals surface area (Å²) in [6.07, 6.45) is -5.04. The predicted octanol–water partition coefficient (Wildman–Crippen LogP) is 1.98. The Hall–Kier alpha value is -1.01. The first-order valence-electron chi connectivity index (χ1n) is 3.58. The molecule has 0 aromatic carbocycles. The average Bonchev–Trinajstić information content (AvgIpc) is 2.53. The second-order valence-electron chi connectivity index (χ2n) is 2.50. The monoisotopic (exact) mass is 257 g/mol. The molecule has 0 spiro atoms. The summed E-state index contributed by atoms with van der Waals surface area (Å²) in [6, 6.07) is 2.55. The van der Waals surface area contributed by atoms with Crippen molar-refractivity contribution >= 4 is 11.6 Å². The maximum absolute atomic E-state index is 11.7. The van der Waals surface area contributed by atoms with Crippen molar-refractivity contribution in [3.63, 3.8) is 0 Å². The SMILES string of the molecule is O=C(CC(=O)C(F)(F)F)c1ccco1.[V]. The molecule has 0 aliphatic heterocycles. The molecular weight excluding hydrogens is 252 g/mol. The van der Waals surface area contributed by atoms with Crippen LogP contribution in [-0.2, 0) is 23.4 Å². The van der Waals surface area contributed by atoms with Gasteiger partial charge in [0.25, 0.3) is 0 Å². The summed E-state index contributed by atoms with van der Waals surface area (Å²) >= 11 is 0. The van der Waals surface area contributed by atoms with Gasteiger partial charge in [0.1, 0.15) is 0 Å². The number of furan rings is 1. The van der Waals surface area contributed by atoms with E-state index in [1.165, 1.54) is 12.1 Å². The number of hydrogen-bond acceptors (Lipinski definition) is 3. The van der Waals surface area contributed by atoms with Gasteiger partial charge >= 0.3 is 6.18 Å². The summed E-state index contributed by atoms with van der Waals surface area (Å²) < 4.78 is 39.7. The minimum atomic E-state index is -4.97. The zero-order valence-corrected chi connectivity index (χ0v) is 8.64. The molecule has 0 fully saturated rings. The summed E-state index contributed by atoms with van der Waals surface area (Å²) in [7, 11) is 0. The molecule has 0 N–H and O–H groups in total. The van der Waals surface area contributed by atoms with Gasteiger partial charge in [0, 0.05) is 18.6 Å². The molecule has 0 aliphatic carbocycles. The number of rotatable bonds is 3. The summed E-state index contributed by atoms with van der Waals surface area (Å²) in [5, 5.41) is 0. The fourth-order valence-electron chi connectivity index (χ4n) is 0.770. The van der Waals surface area contributed by atoms with Crippen molar-refractivity contribution < 1.29 is 45.7 Å². The van der Waals surface area contributed by atoms with Gasteiger partial charge < -0.3 is 4.42 Å². The molecule has 0 bridgehead atoms. The van der Waals surface area contributed by atoms with E-state index in [4.69, 9.17) is 0 Å². The van der Waals surface area contributed by atoms with Crippen LogP contribution in [-0.4, -0.2) is 17.7 Å². The summed E-state index contributed by atoms with van der Waals surface area (Å²) in [5.74, 6) is -3.29. The molecule has 0 saturated carbocycles. The van der Waals surface area contributed by atoms with Crippen LogP contribution in [0.5, 0.6) is 0 Å². The van der Waals surface area contributed by atoms with Gasteiger partial charge in [-0.3, -0.25) is 9.59 Å². The van der Waals surface area contributed by atoms with Gasteiger partial charge in [0.15, 0.2) is 5.76 Å². The van der Waals surface area contributed by atoms with Gasteiger partial charge in [-0.2, -0.15) is 13.2 Å². The zero-order valence-electron chi connectivity index (χ0n) is 7.25. The molecule has 0 atom stereocenters. The first-order valence-corrected chi connectivity index (χ1v) is 3.58. The Kier molecular flexibility index (Phi) is 4.83. The molecule has 81 valence electrons. The summed E-state index contributed by atoms with van der Waals surface area (Å²) in [5.41, 5.74) is 0. The van der Waals surface area contributed by atoms with Crippen molar-refractivity contribution in [1.82, 2.24) is 0 Å². The molecule has 7 heteroatoms. The molecule has 1 heterocycles. The smallest absolute Gasteiger partial charge is 0.450 e. The molecule has 0 saturated heterocycles. The van der Waals surface area contributed by atoms with Crippen LogP contribution in [0.3, 0.4) is 0 Å². The van der Waals surface area contributed by atoms with E-state index in [1.54, 1.807) is 0 Å². The van der Waals surface area contributed by atoms with Gasteiger partial charge in [0.05, 0.1) is 12.7 Å². The number of halogens is 3. The van der Waals surface area contributed by atoms with Crippen molar-refractivity contribution in [2.75, 3.05) is 0 Å². The van der Waals surface area contributed by atoms with Crippen molar-refractivity contribution in [2.24, 2.45) is 0 Å². The van der Waals surface area contributed by atoms with E-state index in [0.717, 1.165) is 6.26 Å². The van der Waals surface area contributed by atoms with Crippen molar-refractivity contribution in [3.05, 3.63) is 24.2 Å². The number of carbonyl (C=O) groups is 2. The third-order valence-corrected chi connectivity index (χ3v) is 1.43. The Balaban J connectivity index is 0.00000196. The molecule has 0 unspecified atom stereocenters. The average molecular weight is 257 g/mol. The second-order valence-corrected chi connectivity index (χ2v) is 2.50. The van der Waals surface area contributed by atoms with E-state index < -0.39 is 24.2 Å². The molecule has 1 rings (SSSR count). The van der Waals surface area contributed by atoms with Crippen molar-refractivity contribution in [2.45, 2.75) is 12.6 Å². The van der Waals surface area contributed by atoms with Gasteiger partial charge in [-0.15, -0.1) is 0 Å². The normalized spacial score (nSPS) is 10.6. The molecular formula is C8H5F3O3V. The Morgan fingerprint density at radius 2 is 1.93 bits per heavy atom. The van der Waals surface area contributed by atoms with Crippen molar-refractivity contribution in [1.29, 1.82) is 0 Å². The topological polar surface area (TPSA) is 47.3 Å².